The Bertz CT molecular complexity index is 408. The third-order valence-corrected chi connectivity index (χ3v) is 4.38. The molecule has 0 radical (unpaired) electrons. The Labute approximate surface area is 125 Å². The molecule has 0 spiro atoms. The van der Waals surface area contributed by atoms with E-state index in [1.807, 2.05) is 0 Å². The molecule has 0 amide bonds. The molecule has 0 heterocycles. The summed E-state index contributed by atoms with van der Waals surface area (Å²) in [6, 6.07) is 7.88. The maximum atomic E-state index is 3.72. The average molecular weight is 273 g/mol. The number of fused-ring (bicyclic) bond motifs is 1. The van der Waals surface area contributed by atoms with Gasteiger partial charge in [-0.25, -0.2) is 0 Å². The fourth-order valence-corrected chi connectivity index (χ4v) is 3.34. The highest BCUT2D eigenvalue weighted by Gasteiger charge is 2.13. The summed E-state index contributed by atoms with van der Waals surface area (Å²) in [5.74, 6) is 0.782. The molecule has 20 heavy (non-hydrogen) atoms. The Balaban J connectivity index is 1.87. The molecule has 1 nitrogen and oxygen atoms in total. The molecule has 0 bridgehead atoms. The molecule has 112 valence electrons. The number of rotatable bonds is 8. The lowest BCUT2D eigenvalue weighted by Crippen LogP contribution is -2.31. The van der Waals surface area contributed by atoms with Gasteiger partial charge in [0, 0.05) is 6.04 Å². The first-order valence-corrected chi connectivity index (χ1v) is 8.53. The van der Waals surface area contributed by atoms with E-state index in [9.17, 15) is 0 Å². The molecule has 0 aliphatic heterocycles. The highest BCUT2D eigenvalue weighted by molar-refractivity contribution is 5.35. The molecule has 1 aliphatic rings. The van der Waals surface area contributed by atoms with E-state index in [1.54, 1.807) is 11.1 Å². The number of hydrogen-bond acceptors (Lipinski definition) is 1. The molecule has 1 N–H and O–H groups in total. The number of aryl methyl sites for hydroxylation is 3. The van der Waals surface area contributed by atoms with Gasteiger partial charge in [0.2, 0.25) is 0 Å². The molecule has 1 unspecified atom stereocenters. The largest absolute Gasteiger partial charge is 0.314 e. The van der Waals surface area contributed by atoms with Crippen molar-refractivity contribution in [2.45, 2.75) is 71.8 Å². The van der Waals surface area contributed by atoms with Crippen molar-refractivity contribution in [2.24, 2.45) is 5.92 Å². The first-order valence-electron chi connectivity index (χ1n) is 8.53. The summed E-state index contributed by atoms with van der Waals surface area (Å²) in [7, 11) is 0. The second-order valence-electron chi connectivity index (χ2n) is 6.78. The van der Waals surface area contributed by atoms with Crippen LogP contribution >= 0.6 is 0 Å². The van der Waals surface area contributed by atoms with Crippen molar-refractivity contribution in [3.05, 3.63) is 34.9 Å². The van der Waals surface area contributed by atoms with Crippen molar-refractivity contribution in [2.75, 3.05) is 6.54 Å². The van der Waals surface area contributed by atoms with Crippen molar-refractivity contribution in [1.82, 2.24) is 5.32 Å². The average Bonchev–Trinajstić information content (AvgIpc) is 2.88. The van der Waals surface area contributed by atoms with E-state index < -0.39 is 0 Å². The molecule has 0 aromatic heterocycles. The van der Waals surface area contributed by atoms with E-state index in [0.717, 1.165) is 12.5 Å². The van der Waals surface area contributed by atoms with Crippen LogP contribution in [-0.4, -0.2) is 12.6 Å². The minimum Gasteiger partial charge on any atom is -0.314 e. The third-order valence-electron chi connectivity index (χ3n) is 4.38. The maximum absolute atomic E-state index is 3.72. The van der Waals surface area contributed by atoms with Crippen LogP contribution in [0, 0.1) is 5.92 Å². The zero-order chi connectivity index (χ0) is 14.4. The summed E-state index contributed by atoms with van der Waals surface area (Å²) >= 11 is 0. The number of benzene rings is 1. The molecule has 1 aromatic rings. The Morgan fingerprint density at radius 1 is 1.15 bits per heavy atom. The van der Waals surface area contributed by atoms with Gasteiger partial charge in [0.05, 0.1) is 0 Å². The topological polar surface area (TPSA) is 12.0 Å². The minimum atomic E-state index is 0.684. The van der Waals surface area contributed by atoms with Crippen LogP contribution in [-0.2, 0) is 19.3 Å². The number of nitrogens with one attached hydrogen (secondary N) is 1. The van der Waals surface area contributed by atoms with Crippen molar-refractivity contribution >= 4 is 0 Å². The Morgan fingerprint density at radius 3 is 2.70 bits per heavy atom. The van der Waals surface area contributed by atoms with Crippen LogP contribution in [0.2, 0.25) is 0 Å². The molecule has 1 atom stereocenters. The van der Waals surface area contributed by atoms with Crippen molar-refractivity contribution in [3.8, 4) is 0 Å². The van der Waals surface area contributed by atoms with Gasteiger partial charge >= 0.3 is 0 Å². The van der Waals surface area contributed by atoms with Crippen molar-refractivity contribution < 1.29 is 0 Å². The lowest BCUT2D eigenvalue weighted by Gasteiger charge is -2.20. The monoisotopic (exact) mass is 273 g/mol. The van der Waals surface area contributed by atoms with Crippen LogP contribution in [0.1, 0.15) is 63.1 Å². The van der Waals surface area contributed by atoms with Crippen LogP contribution in [0.15, 0.2) is 18.2 Å². The van der Waals surface area contributed by atoms with E-state index >= 15 is 0 Å². The number of hydrogen-bond donors (Lipinski definition) is 1. The van der Waals surface area contributed by atoms with E-state index in [2.05, 4.69) is 44.3 Å². The smallest absolute Gasteiger partial charge is 0.00726 e. The van der Waals surface area contributed by atoms with Crippen LogP contribution in [0.5, 0.6) is 0 Å². The first-order chi connectivity index (χ1) is 9.69. The minimum absolute atomic E-state index is 0.684. The zero-order valence-electron chi connectivity index (χ0n) is 13.5. The summed E-state index contributed by atoms with van der Waals surface area (Å²) in [6.45, 7) is 8.06. The van der Waals surface area contributed by atoms with Gasteiger partial charge in [-0.05, 0) is 74.1 Å². The second-order valence-corrected chi connectivity index (χ2v) is 6.78. The van der Waals surface area contributed by atoms with Crippen LogP contribution in [0.25, 0.3) is 0 Å². The first kappa shape index (κ1) is 15.6. The van der Waals surface area contributed by atoms with Crippen molar-refractivity contribution in [1.29, 1.82) is 0 Å². The maximum Gasteiger partial charge on any atom is 0.00726 e. The quantitative estimate of drug-likeness (QED) is 0.734. The van der Waals surface area contributed by atoms with Gasteiger partial charge in [-0.1, -0.05) is 39.0 Å². The summed E-state index contributed by atoms with van der Waals surface area (Å²) in [6.07, 6.45) is 8.97. The van der Waals surface area contributed by atoms with Gasteiger partial charge in [0.25, 0.3) is 0 Å². The van der Waals surface area contributed by atoms with Gasteiger partial charge in [0.15, 0.2) is 0 Å². The predicted octanol–water partition coefficient (Wildman–Crippen LogP) is 4.52. The molecule has 0 saturated heterocycles. The zero-order valence-corrected chi connectivity index (χ0v) is 13.5. The lowest BCUT2D eigenvalue weighted by atomic mass is 9.96. The SMILES string of the molecule is CCCNC(CCc1ccc2c(c1)CCC2)CC(C)C. The Morgan fingerprint density at radius 2 is 1.95 bits per heavy atom. The predicted molar refractivity (Wildman–Crippen MR) is 88.3 cm³/mol. The molecule has 1 aliphatic carbocycles. The van der Waals surface area contributed by atoms with E-state index in [0.29, 0.717) is 6.04 Å². The normalized spacial score (nSPS) is 15.6. The third kappa shape index (κ3) is 4.63. The fourth-order valence-electron chi connectivity index (χ4n) is 3.34. The van der Waals surface area contributed by atoms with Crippen molar-refractivity contribution in [3.63, 3.8) is 0 Å². The lowest BCUT2D eigenvalue weighted by molar-refractivity contribution is 0.398. The van der Waals surface area contributed by atoms with Crippen LogP contribution < -0.4 is 5.32 Å². The molecule has 0 saturated carbocycles. The van der Waals surface area contributed by atoms with Gasteiger partial charge in [0.1, 0.15) is 0 Å². The summed E-state index contributed by atoms with van der Waals surface area (Å²) in [5, 5.41) is 3.72. The summed E-state index contributed by atoms with van der Waals surface area (Å²) < 4.78 is 0. The van der Waals surface area contributed by atoms with Gasteiger partial charge in [-0.15, -0.1) is 0 Å². The van der Waals surface area contributed by atoms with Gasteiger partial charge < -0.3 is 5.32 Å². The summed E-state index contributed by atoms with van der Waals surface area (Å²) in [5.41, 5.74) is 4.75. The fraction of sp³-hybridized carbons (Fsp3) is 0.684. The molecule has 0 fully saturated rings. The molecule has 2 rings (SSSR count). The van der Waals surface area contributed by atoms with Gasteiger partial charge in [-0.3, -0.25) is 0 Å². The highest BCUT2D eigenvalue weighted by Crippen LogP contribution is 2.23. The van der Waals surface area contributed by atoms with E-state index in [4.69, 9.17) is 0 Å². The Hall–Kier alpha value is -0.820. The van der Waals surface area contributed by atoms with Gasteiger partial charge in [-0.2, -0.15) is 0 Å². The standard InChI is InChI=1S/C19H31N/c1-4-12-20-19(13-15(2)3)11-9-16-8-10-17-6-5-7-18(17)14-16/h8,10,14-15,19-20H,4-7,9,11-13H2,1-3H3. The molecular weight excluding hydrogens is 242 g/mol. The molecular formula is C19H31N. The second kappa shape index (κ2) is 7.83. The summed E-state index contributed by atoms with van der Waals surface area (Å²) in [4.78, 5) is 0. The Kier molecular flexibility index (Phi) is 6.09. The van der Waals surface area contributed by atoms with E-state index in [-0.39, 0.29) is 0 Å². The van der Waals surface area contributed by atoms with Crippen LogP contribution in [0.3, 0.4) is 0 Å². The molecule has 1 aromatic carbocycles. The highest BCUT2D eigenvalue weighted by atomic mass is 14.9. The van der Waals surface area contributed by atoms with Crippen LogP contribution in [0.4, 0.5) is 0 Å². The molecule has 1 heteroatoms. The van der Waals surface area contributed by atoms with E-state index in [1.165, 1.54) is 50.5 Å².